The zero-order valence-corrected chi connectivity index (χ0v) is 12.5. The minimum Gasteiger partial charge on any atom is -0.281 e. The van der Waals surface area contributed by atoms with Crippen molar-refractivity contribution in [2.75, 3.05) is 0 Å². The van der Waals surface area contributed by atoms with Gasteiger partial charge < -0.3 is 0 Å². The Hall–Kier alpha value is -0.820. The SMILES string of the molecule is CC(C)(C)c1ccc(C2C(C(=O)Cl)C2(C)C)cc1. The summed E-state index contributed by atoms with van der Waals surface area (Å²) in [6.07, 6.45) is 0. The van der Waals surface area contributed by atoms with E-state index in [1.165, 1.54) is 11.1 Å². The van der Waals surface area contributed by atoms with Gasteiger partial charge in [0.1, 0.15) is 0 Å². The summed E-state index contributed by atoms with van der Waals surface area (Å²) in [4.78, 5) is 11.4. The van der Waals surface area contributed by atoms with E-state index in [-0.39, 0.29) is 27.9 Å². The molecule has 0 radical (unpaired) electrons. The van der Waals surface area contributed by atoms with Gasteiger partial charge in [0.05, 0.1) is 0 Å². The van der Waals surface area contributed by atoms with Crippen LogP contribution in [0.25, 0.3) is 0 Å². The summed E-state index contributed by atoms with van der Waals surface area (Å²) in [5, 5.41) is -0.204. The number of hydrogen-bond acceptors (Lipinski definition) is 1. The van der Waals surface area contributed by atoms with E-state index >= 15 is 0 Å². The lowest BCUT2D eigenvalue weighted by atomic mass is 9.86. The largest absolute Gasteiger partial charge is 0.281 e. The van der Waals surface area contributed by atoms with Gasteiger partial charge in [-0.2, -0.15) is 0 Å². The molecule has 18 heavy (non-hydrogen) atoms. The van der Waals surface area contributed by atoms with Crippen LogP contribution in [0.4, 0.5) is 0 Å². The second-order valence-electron chi connectivity index (χ2n) is 6.95. The highest BCUT2D eigenvalue weighted by Crippen LogP contribution is 2.65. The van der Waals surface area contributed by atoms with Crippen LogP contribution in [0.2, 0.25) is 0 Å². The van der Waals surface area contributed by atoms with Gasteiger partial charge in [-0.1, -0.05) is 58.9 Å². The highest BCUT2D eigenvalue weighted by Gasteiger charge is 2.61. The van der Waals surface area contributed by atoms with E-state index in [1.54, 1.807) is 0 Å². The molecule has 1 fully saturated rings. The maximum absolute atomic E-state index is 11.4. The molecule has 0 heterocycles. The fourth-order valence-electron chi connectivity index (χ4n) is 2.87. The highest BCUT2D eigenvalue weighted by atomic mass is 35.5. The molecule has 1 aromatic rings. The van der Waals surface area contributed by atoms with Crippen molar-refractivity contribution in [1.82, 2.24) is 0 Å². The molecule has 1 aliphatic carbocycles. The van der Waals surface area contributed by atoms with Gasteiger partial charge in [-0.25, -0.2) is 0 Å². The van der Waals surface area contributed by atoms with E-state index in [0.29, 0.717) is 0 Å². The molecule has 0 saturated heterocycles. The fraction of sp³-hybridized carbons (Fsp3) is 0.562. The molecule has 1 aliphatic rings. The molecule has 1 aromatic carbocycles. The molecule has 0 N–H and O–H groups in total. The summed E-state index contributed by atoms with van der Waals surface area (Å²) >= 11 is 5.67. The van der Waals surface area contributed by atoms with Crippen LogP contribution in [0.1, 0.15) is 51.7 Å². The number of carbonyl (C=O) groups is 1. The molecular formula is C16H21ClO. The van der Waals surface area contributed by atoms with Crippen LogP contribution in [-0.4, -0.2) is 5.24 Å². The zero-order valence-electron chi connectivity index (χ0n) is 11.8. The number of halogens is 1. The zero-order chi connectivity index (χ0) is 13.7. The van der Waals surface area contributed by atoms with Crippen molar-refractivity contribution in [2.24, 2.45) is 11.3 Å². The van der Waals surface area contributed by atoms with Gasteiger partial charge >= 0.3 is 0 Å². The second-order valence-corrected chi connectivity index (χ2v) is 7.33. The number of rotatable bonds is 2. The van der Waals surface area contributed by atoms with E-state index in [9.17, 15) is 4.79 Å². The Balaban J connectivity index is 2.25. The maximum atomic E-state index is 11.4. The number of hydrogen-bond donors (Lipinski definition) is 0. The van der Waals surface area contributed by atoms with Crippen molar-refractivity contribution in [1.29, 1.82) is 0 Å². The topological polar surface area (TPSA) is 17.1 Å². The van der Waals surface area contributed by atoms with Crippen LogP contribution >= 0.6 is 11.6 Å². The average molecular weight is 265 g/mol. The van der Waals surface area contributed by atoms with Crippen LogP contribution in [0, 0.1) is 11.3 Å². The van der Waals surface area contributed by atoms with Crippen LogP contribution in [0.5, 0.6) is 0 Å². The Morgan fingerprint density at radius 3 is 2.00 bits per heavy atom. The molecule has 2 rings (SSSR count). The van der Waals surface area contributed by atoms with E-state index in [1.807, 2.05) is 0 Å². The monoisotopic (exact) mass is 264 g/mol. The lowest BCUT2D eigenvalue weighted by Gasteiger charge is -2.19. The standard InChI is InChI=1S/C16H21ClO/c1-15(2,3)11-8-6-10(7-9-11)12-13(14(17)18)16(12,4)5/h6-9,12-13H,1-5H3. The smallest absolute Gasteiger partial charge is 0.225 e. The van der Waals surface area contributed by atoms with E-state index in [4.69, 9.17) is 11.6 Å². The third-order valence-electron chi connectivity index (χ3n) is 4.21. The van der Waals surface area contributed by atoms with Crippen molar-refractivity contribution in [3.8, 4) is 0 Å². The van der Waals surface area contributed by atoms with Crippen LogP contribution < -0.4 is 0 Å². The Bertz CT molecular complexity index is 465. The molecule has 0 bridgehead atoms. The minimum absolute atomic E-state index is 0.00207. The van der Waals surface area contributed by atoms with Gasteiger partial charge in [0.15, 0.2) is 0 Å². The van der Waals surface area contributed by atoms with Crippen LogP contribution in [-0.2, 0) is 10.2 Å². The predicted molar refractivity (Wildman–Crippen MR) is 76.0 cm³/mol. The second kappa shape index (κ2) is 4.09. The molecule has 98 valence electrons. The number of benzene rings is 1. The van der Waals surface area contributed by atoms with Gasteiger partial charge in [-0.15, -0.1) is 0 Å². The fourth-order valence-corrected chi connectivity index (χ4v) is 3.28. The Kier molecular flexibility index (Phi) is 3.09. The predicted octanol–water partition coefficient (Wildman–Crippen LogP) is 4.49. The summed E-state index contributed by atoms with van der Waals surface area (Å²) in [5.74, 6) is 0.246. The average Bonchev–Trinajstić information content (AvgIpc) is 2.80. The first-order valence-corrected chi connectivity index (χ1v) is 6.83. The van der Waals surface area contributed by atoms with Crippen molar-refractivity contribution >= 4 is 16.8 Å². The van der Waals surface area contributed by atoms with Crippen molar-refractivity contribution < 1.29 is 4.79 Å². The van der Waals surface area contributed by atoms with E-state index in [2.05, 4.69) is 58.9 Å². The molecule has 0 aromatic heterocycles. The maximum Gasteiger partial charge on any atom is 0.225 e. The summed E-state index contributed by atoms with van der Waals surface area (Å²) < 4.78 is 0. The lowest BCUT2D eigenvalue weighted by Crippen LogP contribution is -2.10. The molecule has 0 aliphatic heterocycles. The molecule has 1 saturated carbocycles. The Morgan fingerprint density at radius 1 is 1.17 bits per heavy atom. The van der Waals surface area contributed by atoms with Crippen LogP contribution in [0.15, 0.2) is 24.3 Å². The first kappa shape index (κ1) is 13.6. The first-order valence-electron chi connectivity index (χ1n) is 6.45. The highest BCUT2D eigenvalue weighted by molar-refractivity contribution is 6.64. The normalized spacial score (nSPS) is 25.9. The van der Waals surface area contributed by atoms with E-state index in [0.717, 1.165) is 0 Å². The summed E-state index contributed by atoms with van der Waals surface area (Å²) in [5.41, 5.74) is 2.71. The van der Waals surface area contributed by atoms with E-state index < -0.39 is 0 Å². The lowest BCUT2D eigenvalue weighted by molar-refractivity contribution is -0.113. The van der Waals surface area contributed by atoms with Gasteiger partial charge in [0.25, 0.3) is 0 Å². The number of carbonyl (C=O) groups excluding carboxylic acids is 1. The molecule has 2 atom stereocenters. The first-order chi connectivity index (χ1) is 8.15. The third kappa shape index (κ3) is 2.21. The van der Waals surface area contributed by atoms with Crippen molar-refractivity contribution in [3.05, 3.63) is 35.4 Å². The van der Waals surface area contributed by atoms with Gasteiger partial charge in [0.2, 0.25) is 5.24 Å². The van der Waals surface area contributed by atoms with Crippen LogP contribution in [0.3, 0.4) is 0 Å². The molecule has 2 unspecified atom stereocenters. The molecular weight excluding hydrogens is 244 g/mol. The molecule has 1 nitrogen and oxygen atoms in total. The summed E-state index contributed by atoms with van der Waals surface area (Å²) in [6.45, 7) is 10.8. The van der Waals surface area contributed by atoms with Crippen molar-refractivity contribution in [3.63, 3.8) is 0 Å². The molecule has 2 heteroatoms. The van der Waals surface area contributed by atoms with Crippen molar-refractivity contribution in [2.45, 2.75) is 46.0 Å². The van der Waals surface area contributed by atoms with Gasteiger partial charge in [0, 0.05) is 11.8 Å². The van der Waals surface area contributed by atoms with Gasteiger partial charge in [-0.3, -0.25) is 4.79 Å². The summed E-state index contributed by atoms with van der Waals surface area (Å²) in [7, 11) is 0. The quantitative estimate of drug-likeness (QED) is 0.720. The molecule has 0 amide bonds. The molecule has 0 spiro atoms. The minimum atomic E-state index is -0.204. The summed E-state index contributed by atoms with van der Waals surface area (Å²) in [6, 6.07) is 8.62. The Morgan fingerprint density at radius 2 is 1.67 bits per heavy atom. The third-order valence-corrected chi connectivity index (χ3v) is 4.44. The van der Waals surface area contributed by atoms with Gasteiger partial charge in [-0.05, 0) is 33.6 Å². The Labute approximate surface area is 115 Å².